The van der Waals surface area contributed by atoms with Crippen molar-refractivity contribution in [2.75, 3.05) is 0 Å². The molecule has 1 aliphatic carbocycles. The Morgan fingerprint density at radius 1 is 1.47 bits per heavy atom. The third-order valence-electron chi connectivity index (χ3n) is 2.42. The number of allylic oxidation sites excluding steroid dienone is 1. The van der Waals surface area contributed by atoms with Gasteiger partial charge in [0.15, 0.2) is 0 Å². The van der Waals surface area contributed by atoms with Crippen molar-refractivity contribution in [2.45, 2.75) is 12.6 Å². The Morgan fingerprint density at radius 3 is 2.87 bits per heavy atom. The summed E-state index contributed by atoms with van der Waals surface area (Å²) in [6.07, 6.45) is -0.342. The van der Waals surface area contributed by atoms with Gasteiger partial charge in [0.05, 0.1) is 0 Å². The quantitative estimate of drug-likeness (QED) is 0.812. The third-order valence-corrected chi connectivity index (χ3v) is 2.42. The highest BCUT2D eigenvalue weighted by Crippen LogP contribution is 2.33. The molecule has 0 saturated carbocycles. The number of carbonyl (C=O) groups is 1. The van der Waals surface area contributed by atoms with Gasteiger partial charge in [0.25, 0.3) is 0 Å². The summed E-state index contributed by atoms with van der Waals surface area (Å²) >= 11 is 0. The van der Waals surface area contributed by atoms with Gasteiger partial charge in [-0.3, -0.25) is 0 Å². The molecule has 15 heavy (non-hydrogen) atoms. The van der Waals surface area contributed by atoms with E-state index in [1.165, 1.54) is 18.2 Å². The molecule has 1 unspecified atom stereocenters. The molecule has 0 aliphatic heterocycles. The highest BCUT2D eigenvalue weighted by atomic mass is 19.1. The summed E-state index contributed by atoms with van der Waals surface area (Å²) in [4.78, 5) is 10.5. The lowest BCUT2D eigenvalue weighted by Crippen LogP contribution is -2.16. The molecule has 2 rings (SSSR count). The Hall–Kier alpha value is -1.71. The van der Waals surface area contributed by atoms with Crippen molar-refractivity contribution in [2.24, 2.45) is 0 Å². The van der Waals surface area contributed by atoms with Gasteiger partial charge < -0.3 is 5.11 Å². The fraction of sp³-hybridized carbons (Fsp3) is 0.182. The standard InChI is InChI=1S/C11H8F2O2/c12-8-3-1-2-6-4-5-7(9(6)8)10(13)11(14)15/h1-3,5,10H,4H2,(H,14,15). The average molecular weight is 210 g/mol. The minimum atomic E-state index is -2.15. The first-order valence-electron chi connectivity index (χ1n) is 4.46. The van der Waals surface area contributed by atoms with E-state index in [1.54, 1.807) is 6.07 Å². The molecule has 78 valence electrons. The first kappa shape index (κ1) is 9.83. The van der Waals surface area contributed by atoms with E-state index in [4.69, 9.17) is 5.11 Å². The third kappa shape index (κ3) is 1.52. The van der Waals surface area contributed by atoms with E-state index in [1.807, 2.05) is 0 Å². The normalized spacial score (nSPS) is 15.7. The second kappa shape index (κ2) is 3.46. The summed E-state index contributed by atoms with van der Waals surface area (Å²) in [6, 6.07) is 4.39. The first-order chi connectivity index (χ1) is 7.11. The van der Waals surface area contributed by atoms with Crippen LogP contribution in [0.25, 0.3) is 5.57 Å². The summed E-state index contributed by atoms with van der Waals surface area (Å²) in [5, 5.41) is 8.52. The molecule has 1 aromatic carbocycles. The molecule has 0 amide bonds. The summed E-state index contributed by atoms with van der Waals surface area (Å²) in [6.45, 7) is 0. The van der Waals surface area contributed by atoms with Crippen LogP contribution in [-0.4, -0.2) is 17.2 Å². The maximum Gasteiger partial charge on any atom is 0.343 e. The summed E-state index contributed by atoms with van der Waals surface area (Å²) in [5.41, 5.74) is 0.664. The maximum absolute atomic E-state index is 13.4. The van der Waals surface area contributed by atoms with Crippen molar-refractivity contribution in [3.63, 3.8) is 0 Å². The molecule has 0 aromatic heterocycles. The SMILES string of the molecule is O=C(O)C(F)C1=CCc2cccc(F)c21. The molecule has 0 bridgehead atoms. The first-order valence-corrected chi connectivity index (χ1v) is 4.46. The molecule has 0 radical (unpaired) electrons. The smallest absolute Gasteiger partial charge is 0.343 e. The topological polar surface area (TPSA) is 37.3 Å². The second-order valence-electron chi connectivity index (χ2n) is 3.34. The van der Waals surface area contributed by atoms with Crippen molar-refractivity contribution < 1.29 is 18.7 Å². The fourth-order valence-electron chi connectivity index (χ4n) is 1.75. The predicted molar refractivity (Wildman–Crippen MR) is 50.6 cm³/mol. The molecule has 0 saturated heterocycles. The number of hydrogen-bond acceptors (Lipinski definition) is 1. The van der Waals surface area contributed by atoms with Crippen molar-refractivity contribution in [1.29, 1.82) is 0 Å². The Labute approximate surface area is 84.8 Å². The molecule has 1 aliphatic rings. The molecular weight excluding hydrogens is 202 g/mol. The minimum Gasteiger partial charge on any atom is -0.479 e. The zero-order chi connectivity index (χ0) is 11.0. The van der Waals surface area contributed by atoms with Gasteiger partial charge >= 0.3 is 5.97 Å². The van der Waals surface area contributed by atoms with E-state index in [-0.39, 0.29) is 11.1 Å². The highest BCUT2D eigenvalue weighted by molar-refractivity contribution is 5.92. The van der Waals surface area contributed by atoms with Gasteiger partial charge in [-0.2, -0.15) is 0 Å². The van der Waals surface area contributed by atoms with E-state index in [9.17, 15) is 13.6 Å². The van der Waals surface area contributed by atoms with Gasteiger partial charge in [0.1, 0.15) is 5.82 Å². The van der Waals surface area contributed by atoms with Crippen molar-refractivity contribution in [3.8, 4) is 0 Å². The summed E-state index contributed by atoms with van der Waals surface area (Å²) in [7, 11) is 0. The van der Waals surface area contributed by atoms with Gasteiger partial charge in [0.2, 0.25) is 6.17 Å². The van der Waals surface area contributed by atoms with Crippen LogP contribution in [0.2, 0.25) is 0 Å². The van der Waals surface area contributed by atoms with Crippen LogP contribution in [0.4, 0.5) is 8.78 Å². The van der Waals surface area contributed by atoms with Crippen LogP contribution in [-0.2, 0) is 11.2 Å². The minimum absolute atomic E-state index is 0.0735. The van der Waals surface area contributed by atoms with Crippen molar-refractivity contribution >= 4 is 11.5 Å². The highest BCUT2D eigenvalue weighted by Gasteiger charge is 2.29. The lowest BCUT2D eigenvalue weighted by atomic mass is 10.0. The molecule has 0 heterocycles. The maximum atomic E-state index is 13.4. The van der Waals surface area contributed by atoms with Gasteiger partial charge in [-0.1, -0.05) is 18.2 Å². The van der Waals surface area contributed by atoms with E-state index in [2.05, 4.69) is 0 Å². The van der Waals surface area contributed by atoms with Gasteiger partial charge in [-0.05, 0) is 18.1 Å². The molecule has 0 spiro atoms. The average Bonchev–Trinajstić information content (AvgIpc) is 2.61. The lowest BCUT2D eigenvalue weighted by molar-refractivity contribution is -0.140. The number of benzene rings is 1. The van der Waals surface area contributed by atoms with Gasteiger partial charge in [-0.15, -0.1) is 0 Å². The van der Waals surface area contributed by atoms with Crippen LogP contribution in [0, 0.1) is 5.82 Å². The number of carboxylic acids is 1. The Morgan fingerprint density at radius 2 is 2.20 bits per heavy atom. The van der Waals surface area contributed by atoms with E-state index >= 15 is 0 Å². The van der Waals surface area contributed by atoms with Crippen molar-refractivity contribution in [1.82, 2.24) is 0 Å². The van der Waals surface area contributed by atoms with E-state index in [0.29, 0.717) is 12.0 Å². The number of rotatable bonds is 2. The second-order valence-corrected chi connectivity index (χ2v) is 3.34. The van der Waals surface area contributed by atoms with Crippen LogP contribution >= 0.6 is 0 Å². The van der Waals surface area contributed by atoms with Crippen molar-refractivity contribution in [3.05, 3.63) is 41.2 Å². The zero-order valence-corrected chi connectivity index (χ0v) is 7.71. The van der Waals surface area contributed by atoms with Crippen LogP contribution in [0.1, 0.15) is 11.1 Å². The van der Waals surface area contributed by atoms with E-state index < -0.39 is 18.0 Å². The monoisotopic (exact) mass is 210 g/mol. The van der Waals surface area contributed by atoms with Crippen LogP contribution in [0.5, 0.6) is 0 Å². The molecular formula is C11H8F2O2. The molecule has 1 N–H and O–H groups in total. The molecule has 0 fully saturated rings. The molecule has 1 atom stereocenters. The Bertz CT molecular complexity index is 452. The summed E-state index contributed by atoms with van der Waals surface area (Å²) in [5.74, 6) is -2.16. The number of hydrogen-bond donors (Lipinski definition) is 1. The number of alkyl halides is 1. The van der Waals surface area contributed by atoms with Crippen LogP contribution in [0.15, 0.2) is 24.3 Å². The molecule has 1 aromatic rings. The summed E-state index contributed by atoms with van der Waals surface area (Å²) < 4.78 is 26.6. The van der Waals surface area contributed by atoms with Gasteiger partial charge in [-0.25, -0.2) is 13.6 Å². The predicted octanol–water partition coefficient (Wildman–Crippen LogP) is 2.19. The lowest BCUT2D eigenvalue weighted by Gasteiger charge is -2.08. The number of fused-ring (bicyclic) bond motifs is 1. The fourth-order valence-corrected chi connectivity index (χ4v) is 1.75. The Kier molecular flexibility index (Phi) is 2.26. The molecule has 4 heteroatoms. The Balaban J connectivity index is 2.47. The van der Waals surface area contributed by atoms with E-state index in [0.717, 1.165) is 0 Å². The zero-order valence-electron chi connectivity index (χ0n) is 7.71. The largest absolute Gasteiger partial charge is 0.479 e. The van der Waals surface area contributed by atoms with Crippen LogP contribution < -0.4 is 0 Å². The number of aliphatic carboxylic acids is 1. The molecule has 2 nitrogen and oxygen atoms in total. The number of carboxylic acid groups (broad SMARTS) is 1. The van der Waals surface area contributed by atoms with Gasteiger partial charge in [0, 0.05) is 11.1 Å². The van der Waals surface area contributed by atoms with Crippen LogP contribution in [0.3, 0.4) is 0 Å². The number of halogens is 2.